The topological polar surface area (TPSA) is 61.8 Å². The molecule has 35 heavy (non-hydrogen) atoms. The van der Waals surface area contributed by atoms with E-state index in [2.05, 4.69) is 62.4 Å². The summed E-state index contributed by atoms with van der Waals surface area (Å²) in [5.74, 6) is 1.09. The predicted molar refractivity (Wildman–Crippen MR) is 150 cm³/mol. The molecule has 2 aromatic carbocycles. The van der Waals surface area contributed by atoms with E-state index in [4.69, 9.17) is 13.1 Å². The molecular formula is C28H38O5S2. The zero-order valence-corrected chi connectivity index (χ0v) is 22.9. The Kier molecular flexibility index (Phi) is 11.1. The molecule has 0 radical (unpaired) electrons. The first-order chi connectivity index (χ1) is 16.5. The van der Waals surface area contributed by atoms with Crippen molar-refractivity contribution in [2.75, 3.05) is 36.5 Å². The Morgan fingerprint density at radius 2 is 1.09 bits per heavy atom. The fourth-order valence-corrected chi connectivity index (χ4v) is 9.46. The summed E-state index contributed by atoms with van der Waals surface area (Å²) in [6.07, 6.45) is 13.1. The molecule has 0 aliphatic heterocycles. The van der Waals surface area contributed by atoms with E-state index in [-0.39, 0.29) is 13.2 Å². The van der Waals surface area contributed by atoms with Crippen LogP contribution in [0.2, 0.25) is 0 Å². The lowest BCUT2D eigenvalue weighted by Crippen LogP contribution is -2.14. The van der Waals surface area contributed by atoms with Gasteiger partial charge in [-0.15, -0.1) is 20.6 Å². The average molecular weight is 519 g/mol. The van der Waals surface area contributed by atoms with Crippen molar-refractivity contribution < 1.29 is 22.7 Å². The maximum absolute atomic E-state index is 11.3. The number of ether oxygens (including phenoxy) is 2. The number of hydrogen-bond donors (Lipinski definition) is 0. The van der Waals surface area contributed by atoms with Crippen LogP contribution in [-0.4, -0.2) is 48.5 Å². The first-order valence-corrected chi connectivity index (χ1v) is 16.5. The van der Waals surface area contributed by atoms with Gasteiger partial charge in [0, 0.05) is 23.7 Å². The molecule has 0 heterocycles. The molecule has 0 saturated heterocycles. The number of esters is 2. The summed E-state index contributed by atoms with van der Waals surface area (Å²) in [5.41, 5.74) is 4.36. The first-order valence-electron chi connectivity index (χ1n) is 11.4. The number of carbonyl (C=O) groups excluding carboxylic acids is 2. The van der Waals surface area contributed by atoms with Gasteiger partial charge in [-0.2, -0.15) is 0 Å². The summed E-state index contributed by atoms with van der Waals surface area (Å²) in [4.78, 5) is 22.6. The summed E-state index contributed by atoms with van der Waals surface area (Å²) >= 11 is 0. The molecule has 0 fully saturated rings. The Morgan fingerprint density at radius 3 is 1.46 bits per heavy atom. The molecule has 0 spiro atoms. The van der Waals surface area contributed by atoms with Gasteiger partial charge in [0.2, 0.25) is 0 Å². The predicted octanol–water partition coefficient (Wildman–Crippen LogP) is 5.91. The average Bonchev–Trinajstić information content (AvgIpc) is 2.83. The van der Waals surface area contributed by atoms with Gasteiger partial charge in [-0.3, -0.25) is 3.63 Å². The normalized spacial score (nSPS) is 12.5. The summed E-state index contributed by atoms with van der Waals surface area (Å²) in [6, 6.07) is 16.3. The summed E-state index contributed by atoms with van der Waals surface area (Å²) < 4.78 is 17.0. The van der Waals surface area contributed by atoms with Crippen LogP contribution in [-0.2, 0) is 48.7 Å². The van der Waals surface area contributed by atoms with Crippen LogP contribution in [0.25, 0.3) is 0 Å². The van der Waals surface area contributed by atoms with Gasteiger partial charge in [0.25, 0.3) is 0 Å². The maximum atomic E-state index is 11.3. The standard InChI is InChI=1S/C28H38O5S2/c1-7-27(29)31-21-25-13-9-11-23(19-25)15-17-34(3,4)33-35(5,6)18-16-24-12-10-14-26(20-24)22-32-28(30)8-2/h7-14,19-20H,1-2,15-18,21-22H2,3-6H3. The Balaban J connectivity index is 1.87. The second-order valence-electron chi connectivity index (χ2n) is 9.11. The summed E-state index contributed by atoms with van der Waals surface area (Å²) in [7, 11) is -2.48. The second kappa shape index (κ2) is 13.6. The van der Waals surface area contributed by atoms with Gasteiger partial charge in [-0.25, -0.2) is 9.59 Å². The largest absolute Gasteiger partial charge is 0.458 e. The van der Waals surface area contributed by atoms with Gasteiger partial charge in [-0.1, -0.05) is 61.7 Å². The van der Waals surface area contributed by atoms with Crippen LogP contribution in [0.15, 0.2) is 73.8 Å². The Hall–Kier alpha value is -2.48. The number of carbonyl (C=O) groups is 2. The molecule has 0 N–H and O–H groups in total. The van der Waals surface area contributed by atoms with Crippen LogP contribution in [0, 0.1) is 0 Å². The van der Waals surface area contributed by atoms with E-state index < -0.39 is 32.6 Å². The Bertz CT molecular complexity index is 948. The highest BCUT2D eigenvalue weighted by Gasteiger charge is 2.22. The van der Waals surface area contributed by atoms with E-state index in [1.165, 1.54) is 23.3 Å². The van der Waals surface area contributed by atoms with Gasteiger partial charge >= 0.3 is 11.9 Å². The van der Waals surface area contributed by atoms with Crippen molar-refractivity contribution in [1.82, 2.24) is 0 Å². The lowest BCUT2D eigenvalue weighted by Gasteiger charge is -2.42. The monoisotopic (exact) mass is 518 g/mol. The lowest BCUT2D eigenvalue weighted by molar-refractivity contribution is -0.139. The number of benzene rings is 2. The van der Waals surface area contributed by atoms with Crippen molar-refractivity contribution in [2.24, 2.45) is 0 Å². The van der Waals surface area contributed by atoms with Crippen LogP contribution in [0.4, 0.5) is 0 Å². The molecule has 2 aromatic rings. The molecule has 0 atom stereocenters. The van der Waals surface area contributed by atoms with E-state index in [9.17, 15) is 9.59 Å². The van der Waals surface area contributed by atoms with E-state index in [1.54, 1.807) is 0 Å². The van der Waals surface area contributed by atoms with Crippen LogP contribution < -0.4 is 0 Å². The quantitative estimate of drug-likeness (QED) is 0.230. The second-order valence-corrected chi connectivity index (χ2v) is 16.2. The molecule has 0 bridgehead atoms. The highest BCUT2D eigenvalue weighted by molar-refractivity contribution is 8.40. The summed E-state index contributed by atoms with van der Waals surface area (Å²) in [6.45, 7) is 7.35. The smallest absolute Gasteiger partial charge is 0.330 e. The zero-order chi connectivity index (χ0) is 25.9. The molecule has 0 aromatic heterocycles. The fourth-order valence-electron chi connectivity index (χ4n) is 3.47. The highest BCUT2D eigenvalue weighted by atomic mass is 32.3. The van der Waals surface area contributed by atoms with Crippen molar-refractivity contribution in [2.45, 2.75) is 26.1 Å². The Morgan fingerprint density at radius 1 is 0.714 bits per heavy atom. The third-order valence-electron chi connectivity index (χ3n) is 5.21. The van der Waals surface area contributed by atoms with Crippen molar-refractivity contribution >= 4 is 32.6 Å². The maximum Gasteiger partial charge on any atom is 0.330 e. The van der Waals surface area contributed by atoms with E-state index >= 15 is 0 Å². The van der Waals surface area contributed by atoms with E-state index in [0.717, 1.165) is 35.5 Å². The van der Waals surface area contributed by atoms with Crippen LogP contribution in [0.3, 0.4) is 0 Å². The van der Waals surface area contributed by atoms with E-state index in [1.807, 2.05) is 24.3 Å². The number of aryl methyl sites for hydroxylation is 2. The molecule has 192 valence electrons. The van der Waals surface area contributed by atoms with Crippen LogP contribution in [0.1, 0.15) is 22.3 Å². The third kappa shape index (κ3) is 11.2. The SMILES string of the molecule is C=CC(=O)OCc1cccc(CCS(C)(C)OS(C)(C)CCc2cccc(COC(=O)C=C)c2)c1. The molecule has 0 saturated carbocycles. The molecule has 0 aliphatic carbocycles. The molecular weight excluding hydrogens is 480 g/mol. The molecule has 0 aliphatic rings. The lowest BCUT2D eigenvalue weighted by atomic mass is 10.1. The molecule has 5 nitrogen and oxygen atoms in total. The first kappa shape index (κ1) is 28.8. The van der Waals surface area contributed by atoms with Crippen molar-refractivity contribution in [3.8, 4) is 0 Å². The van der Waals surface area contributed by atoms with Gasteiger partial charge < -0.3 is 9.47 Å². The molecule has 0 amide bonds. The van der Waals surface area contributed by atoms with Crippen molar-refractivity contribution in [3.63, 3.8) is 0 Å². The van der Waals surface area contributed by atoms with Crippen molar-refractivity contribution in [1.29, 1.82) is 0 Å². The molecule has 0 unspecified atom stereocenters. The number of rotatable bonds is 14. The summed E-state index contributed by atoms with van der Waals surface area (Å²) in [5, 5.41) is 0. The van der Waals surface area contributed by atoms with Crippen LogP contribution in [0.5, 0.6) is 0 Å². The fraction of sp³-hybridized carbons (Fsp3) is 0.357. The number of hydrogen-bond acceptors (Lipinski definition) is 5. The van der Waals surface area contributed by atoms with Gasteiger partial charge in [0.15, 0.2) is 0 Å². The van der Waals surface area contributed by atoms with Gasteiger partial charge in [0.1, 0.15) is 13.2 Å². The van der Waals surface area contributed by atoms with E-state index in [0.29, 0.717) is 0 Å². The van der Waals surface area contributed by atoms with Gasteiger partial charge in [0.05, 0.1) is 0 Å². The van der Waals surface area contributed by atoms with Gasteiger partial charge in [-0.05, 0) is 60.1 Å². The molecule has 2 rings (SSSR count). The van der Waals surface area contributed by atoms with Crippen LogP contribution >= 0.6 is 20.6 Å². The molecule has 7 heteroatoms. The minimum atomic E-state index is -1.24. The Labute approximate surface area is 213 Å². The highest BCUT2D eigenvalue weighted by Crippen LogP contribution is 2.57. The minimum absolute atomic E-state index is 0.251. The van der Waals surface area contributed by atoms with Crippen molar-refractivity contribution in [3.05, 3.63) is 96.1 Å². The zero-order valence-electron chi connectivity index (χ0n) is 21.3. The minimum Gasteiger partial charge on any atom is -0.458 e. The third-order valence-corrected chi connectivity index (χ3v) is 10.5.